The number of anilines is 1. The smallest absolute Gasteiger partial charge is 0.222 e. The van der Waals surface area contributed by atoms with Crippen LogP contribution in [0, 0.1) is 0 Å². The van der Waals surface area contributed by atoms with Gasteiger partial charge in [-0.2, -0.15) is 0 Å². The van der Waals surface area contributed by atoms with E-state index in [-0.39, 0.29) is 5.91 Å². The summed E-state index contributed by atoms with van der Waals surface area (Å²) in [5.41, 5.74) is 0.836. The van der Waals surface area contributed by atoms with Crippen LogP contribution in [0.1, 0.15) is 19.4 Å². The van der Waals surface area contributed by atoms with Gasteiger partial charge in [-0.1, -0.05) is 23.8 Å². The quantitative estimate of drug-likeness (QED) is 0.816. The molecule has 0 unspecified atom stereocenters. The minimum atomic E-state index is -0.160. The summed E-state index contributed by atoms with van der Waals surface area (Å²) in [5, 5.41) is 3.13. The van der Waals surface area contributed by atoms with E-state index in [0.29, 0.717) is 10.8 Å². The first-order valence-electron chi connectivity index (χ1n) is 4.19. The molecule has 0 aliphatic rings. The maximum absolute atomic E-state index is 10.7. The standard InChI is InChI=1S/C10H11ClN2O/c1-3-4-8-6-12-10(5-9(8)11)13-7(2)14/h3-6H,1-2H3,(H,12,13,14)/b4-3+. The van der Waals surface area contributed by atoms with Crippen molar-refractivity contribution < 1.29 is 4.79 Å². The fourth-order valence-electron chi connectivity index (χ4n) is 0.992. The van der Waals surface area contributed by atoms with Crippen molar-refractivity contribution >= 4 is 29.4 Å². The van der Waals surface area contributed by atoms with Gasteiger partial charge in [-0.3, -0.25) is 4.79 Å². The number of aromatic nitrogens is 1. The predicted molar refractivity (Wildman–Crippen MR) is 58.3 cm³/mol. The Bertz CT molecular complexity index is 374. The number of nitrogens with one attached hydrogen (secondary N) is 1. The first kappa shape index (κ1) is 10.7. The molecule has 0 aromatic carbocycles. The number of rotatable bonds is 2. The first-order chi connectivity index (χ1) is 6.63. The molecule has 1 N–H and O–H groups in total. The zero-order valence-corrected chi connectivity index (χ0v) is 8.80. The summed E-state index contributed by atoms with van der Waals surface area (Å²) in [7, 11) is 0. The van der Waals surface area contributed by atoms with Crippen LogP contribution in [0.15, 0.2) is 18.3 Å². The van der Waals surface area contributed by atoms with Crippen molar-refractivity contribution in [3.05, 3.63) is 28.9 Å². The molecule has 1 heterocycles. The van der Waals surface area contributed by atoms with E-state index in [0.717, 1.165) is 5.56 Å². The number of carbonyl (C=O) groups is 1. The van der Waals surface area contributed by atoms with E-state index in [1.807, 2.05) is 19.1 Å². The molecule has 74 valence electrons. The molecule has 0 saturated carbocycles. The van der Waals surface area contributed by atoms with Gasteiger partial charge in [0.15, 0.2) is 0 Å². The lowest BCUT2D eigenvalue weighted by Crippen LogP contribution is -2.07. The molecule has 0 radical (unpaired) electrons. The molecule has 3 nitrogen and oxygen atoms in total. The molecule has 14 heavy (non-hydrogen) atoms. The maximum atomic E-state index is 10.7. The Kier molecular flexibility index (Phi) is 3.65. The van der Waals surface area contributed by atoms with E-state index in [2.05, 4.69) is 10.3 Å². The van der Waals surface area contributed by atoms with Crippen molar-refractivity contribution in [3.63, 3.8) is 0 Å². The minimum absolute atomic E-state index is 0.160. The largest absolute Gasteiger partial charge is 0.311 e. The highest BCUT2D eigenvalue weighted by Crippen LogP contribution is 2.19. The molecule has 1 aromatic rings. The third-order valence-electron chi connectivity index (χ3n) is 1.53. The molecule has 0 atom stereocenters. The van der Waals surface area contributed by atoms with E-state index in [9.17, 15) is 4.79 Å². The van der Waals surface area contributed by atoms with Crippen molar-refractivity contribution in [3.8, 4) is 0 Å². The number of hydrogen-bond donors (Lipinski definition) is 1. The van der Waals surface area contributed by atoms with Crippen molar-refractivity contribution in [2.24, 2.45) is 0 Å². The average molecular weight is 211 g/mol. The lowest BCUT2D eigenvalue weighted by atomic mass is 10.2. The van der Waals surface area contributed by atoms with Crippen molar-refractivity contribution in [1.82, 2.24) is 4.98 Å². The van der Waals surface area contributed by atoms with Crippen LogP contribution >= 0.6 is 11.6 Å². The summed E-state index contributed by atoms with van der Waals surface area (Å²) in [6.45, 7) is 3.33. The van der Waals surface area contributed by atoms with Gasteiger partial charge < -0.3 is 5.32 Å². The molecule has 1 aromatic heterocycles. The van der Waals surface area contributed by atoms with E-state index >= 15 is 0 Å². The lowest BCUT2D eigenvalue weighted by molar-refractivity contribution is -0.114. The third kappa shape index (κ3) is 2.85. The average Bonchev–Trinajstić information content (AvgIpc) is 2.09. The van der Waals surface area contributed by atoms with E-state index in [1.54, 1.807) is 12.3 Å². The Morgan fingerprint density at radius 2 is 2.36 bits per heavy atom. The molecule has 0 aliphatic carbocycles. The second-order valence-corrected chi connectivity index (χ2v) is 3.18. The van der Waals surface area contributed by atoms with Gasteiger partial charge in [-0.25, -0.2) is 4.98 Å². The van der Waals surface area contributed by atoms with Crippen molar-refractivity contribution in [2.75, 3.05) is 5.32 Å². The highest BCUT2D eigenvalue weighted by molar-refractivity contribution is 6.32. The fourth-order valence-corrected chi connectivity index (χ4v) is 1.21. The van der Waals surface area contributed by atoms with Gasteiger partial charge in [0.05, 0.1) is 5.02 Å². The van der Waals surface area contributed by atoms with Crippen molar-refractivity contribution in [2.45, 2.75) is 13.8 Å². The molecule has 0 aliphatic heterocycles. The maximum Gasteiger partial charge on any atom is 0.222 e. The number of carbonyl (C=O) groups excluding carboxylic acids is 1. The minimum Gasteiger partial charge on any atom is -0.311 e. The SMILES string of the molecule is C/C=C/c1cnc(NC(C)=O)cc1Cl. The zero-order valence-electron chi connectivity index (χ0n) is 8.04. The number of pyridine rings is 1. The molecule has 0 spiro atoms. The van der Waals surface area contributed by atoms with Crippen LogP contribution in [0.25, 0.3) is 6.08 Å². The second-order valence-electron chi connectivity index (χ2n) is 2.77. The monoisotopic (exact) mass is 210 g/mol. The molecule has 1 rings (SSSR count). The van der Waals surface area contributed by atoms with Gasteiger partial charge in [0, 0.05) is 24.8 Å². The zero-order chi connectivity index (χ0) is 10.6. The van der Waals surface area contributed by atoms with Gasteiger partial charge in [0.2, 0.25) is 5.91 Å². The van der Waals surface area contributed by atoms with Crippen LogP contribution in [0.3, 0.4) is 0 Å². The molecule has 0 bridgehead atoms. The summed E-state index contributed by atoms with van der Waals surface area (Å²) in [6.07, 6.45) is 5.35. The van der Waals surface area contributed by atoms with Crippen LogP contribution in [-0.2, 0) is 4.79 Å². The number of nitrogens with zero attached hydrogens (tertiary/aromatic N) is 1. The Morgan fingerprint density at radius 3 is 2.86 bits per heavy atom. The lowest BCUT2D eigenvalue weighted by Gasteiger charge is -2.03. The number of allylic oxidation sites excluding steroid dienone is 1. The van der Waals surface area contributed by atoms with Crippen LogP contribution in [0.5, 0.6) is 0 Å². The number of halogens is 1. The highest BCUT2D eigenvalue weighted by Gasteiger charge is 2.01. The van der Waals surface area contributed by atoms with E-state index < -0.39 is 0 Å². The van der Waals surface area contributed by atoms with Gasteiger partial charge >= 0.3 is 0 Å². The molecular weight excluding hydrogens is 200 g/mol. The van der Waals surface area contributed by atoms with Gasteiger partial charge in [0.25, 0.3) is 0 Å². The Labute approximate surface area is 87.8 Å². The third-order valence-corrected chi connectivity index (χ3v) is 1.86. The van der Waals surface area contributed by atoms with Gasteiger partial charge in [-0.15, -0.1) is 0 Å². The second kappa shape index (κ2) is 4.77. The van der Waals surface area contributed by atoms with E-state index in [4.69, 9.17) is 11.6 Å². The normalized spacial score (nSPS) is 10.5. The summed E-state index contributed by atoms with van der Waals surface area (Å²) in [5.74, 6) is 0.308. The number of amides is 1. The Balaban J connectivity index is 2.94. The van der Waals surface area contributed by atoms with Crippen LogP contribution in [0.4, 0.5) is 5.82 Å². The number of hydrogen-bond acceptors (Lipinski definition) is 2. The highest BCUT2D eigenvalue weighted by atomic mass is 35.5. The molecule has 0 saturated heterocycles. The van der Waals surface area contributed by atoms with Crippen molar-refractivity contribution in [1.29, 1.82) is 0 Å². The topological polar surface area (TPSA) is 42.0 Å². The summed E-state index contributed by atoms with van der Waals surface area (Å²) in [6, 6.07) is 1.62. The molecule has 4 heteroatoms. The summed E-state index contributed by atoms with van der Waals surface area (Å²) >= 11 is 5.95. The Hall–Kier alpha value is -1.35. The molecular formula is C10H11ClN2O. The molecule has 1 amide bonds. The summed E-state index contributed by atoms with van der Waals surface area (Å²) < 4.78 is 0. The predicted octanol–water partition coefficient (Wildman–Crippen LogP) is 2.73. The van der Waals surface area contributed by atoms with Crippen LogP contribution in [0.2, 0.25) is 5.02 Å². The van der Waals surface area contributed by atoms with Gasteiger partial charge in [0.1, 0.15) is 5.82 Å². The van der Waals surface area contributed by atoms with Crippen LogP contribution in [-0.4, -0.2) is 10.9 Å². The van der Waals surface area contributed by atoms with Crippen LogP contribution < -0.4 is 5.32 Å². The fraction of sp³-hybridized carbons (Fsp3) is 0.200. The van der Waals surface area contributed by atoms with E-state index in [1.165, 1.54) is 6.92 Å². The van der Waals surface area contributed by atoms with Gasteiger partial charge in [-0.05, 0) is 6.92 Å². The molecule has 0 fully saturated rings. The summed E-state index contributed by atoms with van der Waals surface area (Å²) in [4.78, 5) is 14.8. The first-order valence-corrected chi connectivity index (χ1v) is 4.57. The Morgan fingerprint density at radius 1 is 1.64 bits per heavy atom.